The van der Waals surface area contributed by atoms with Crippen LogP contribution in [0.1, 0.15) is 5.69 Å². The van der Waals surface area contributed by atoms with Gasteiger partial charge in [0.15, 0.2) is 12.2 Å². The lowest BCUT2D eigenvalue weighted by atomic mass is 10.2. The van der Waals surface area contributed by atoms with Crippen LogP contribution >= 0.6 is 0 Å². The zero-order valence-corrected chi connectivity index (χ0v) is 6.69. The van der Waals surface area contributed by atoms with E-state index in [4.69, 9.17) is 4.42 Å². The topological polar surface area (TPSA) is 38.9 Å². The van der Waals surface area contributed by atoms with E-state index in [1.54, 1.807) is 12.4 Å². The summed E-state index contributed by atoms with van der Waals surface area (Å²) in [6, 6.07) is 3.86. The van der Waals surface area contributed by atoms with Crippen LogP contribution in [0.3, 0.4) is 0 Å². The molecular weight excluding hydrogens is 152 g/mol. The van der Waals surface area contributed by atoms with E-state index in [1.807, 2.05) is 19.1 Å². The predicted octanol–water partition coefficient (Wildman–Crippen LogP) is 2.05. The second-order valence-corrected chi connectivity index (χ2v) is 2.55. The molecule has 0 bridgehead atoms. The van der Waals surface area contributed by atoms with E-state index >= 15 is 0 Å². The van der Waals surface area contributed by atoms with Crippen LogP contribution in [-0.4, -0.2) is 9.97 Å². The summed E-state index contributed by atoms with van der Waals surface area (Å²) in [7, 11) is 0. The second-order valence-electron chi connectivity index (χ2n) is 2.55. The Morgan fingerprint density at radius 3 is 3.00 bits per heavy atom. The minimum atomic E-state index is 0.778. The van der Waals surface area contributed by atoms with Crippen LogP contribution in [0.25, 0.3) is 11.3 Å². The van der Waals surface area contributed by atoms with Crippen molar-refractivity contribution in [2.24, 2.45) is 0 Å². The molecule has 0 aliphatic heterocycles. The number of oxazole rings is 1. The molecule has 2 heterocycles. The minimum absolute atomic E-state index is 0.778. The molecule has 0 N–H and O–H groups in total. The van der Waals surface area contributed by atoms with E-state index in [2.05, 4.69) is 9.97 Å². The molecule has 0 fully saturated rings. The van der Waals surface area contributed by atoms with Gasteiger partial charge in [-0.05, 0) is 19.1 Å². The van der Waals surface area contributed by atoms with Gasteiger partial charge < -0.3 is 4.42 Å². The first kappa shape index (κ1) is 7.03. The molecule has 0 saturated heterocycles. The van der Waals surface area contributed by atoms with Gasteiger partial charge in [0.1, 0.15) is 0 Å². The Bertz CT molecular complexity index is 368. The molecule has 0 aliphatic carbocycles. The van der Waals surface area contributed by atoms with Crippen LogP contribution in [0.4, 0.5) is 0 Å². The average Bonchev–Trinajstić information content (AvgIpc) is 2.56. The molecule has 0 atom stereocenters. The van der Waals surface area contributed by atoms with Gasteiger partial charge in [-0.15, -0.1) is 0 Å². The highest BCUT2D eigenvalue weighted by Crippen LogP contribution is 2.17. The van der Waals surface area contributed by atoms with Gasteiger partial charge in [-0.3, -0.25) is 4.98 Å². The lowest BCUT2D eigenvalue weighted by molar-refractivity contribution is 0.572. The van der Waals surface area contributed by atoms with Crippen LogP contribution in [0, 0.1) is 6.92 Å². The molecule has 12 heavy (non-hydrogen) atoms. The summed E-state index contributed by atoms with van der Waals surface area (Å²) in [4.78, 5) is 7.93. The highest BCUT2D eigenvalue weighted by atomic mass is 16.3. The summed E-state index contributed by atoms with van der Waals surface area (Å²) in [5.74, 6) is 0.778. The summed E-state index contributed by atoms with van der Waals surface area (Å²) >= 11 is 0. The van der Waals surface area contributed by atoms with Crippen molar-refractivity contribution in [2.75, 3.05) is 0 Å². The fourth-order valence-corrected chi connectivity index (χ4v) is 1.06. The fraction of sp³-hybridized carbons (Fsp3) is 0.111. The zero-order chi connectivity index (χ0) is 8.39. The molecule has 3 heteroatoms. The number of hydrogen-bond acceptors (Lipinski definition) is 3. The van der Waals surface area contributed by atoms with E-state index in [1.165, 1.54) is 6.39 Å². The molecule has 2 aromatic rings. The number of aromatic nitrogens is 2. The summed E-state index contributed by atoms with van der Waals surface area (Å²) in [6.45, 7) is 1.94. The van der Waals surface area contributed by atoms with Gasteiger partial charge in [0, 0.05) is 17.5 Å². The van der Waals surface area contributed by atoms with Crippen molar-refractivity contribution < 1.29 is 4.42 Å². The molecule has 0 unspecified atom stereocenters. The molecule has 60 valence electrons. The Morgan fingerprint density at radius 1 is 1.42 bits per heavy atom. The summed E-state index contributed by atoms with van der Waals surface area (Å²) in [5.41, 5.74) is 1.99. The number of hydrogen-bond donors (Lipinski definition) is 0. The van der Waals surface area contributed by atoms with Crippen molar-refractivity contribution >= 4 is 0 Å². The lowest BCUT2D eigenvalue weighted by Crippen LogP contribution is -1.80. The first-order valence-corrected chi connectivity index (χ1v) is 3.68. The van der Waals surface area contributed by atoms with Crippen LogP contribution in [0.2, 0.25) is 0 Å². The third-order valence-corrected chi connectivity index (χ3v) is 1.61. The first-order valence-electron chi connectivity index (χ1n) is 3.68. The molecular formula is C9H8N2O. The van der Waals surface area contributed by atoms with Crippen molar-refractivity contribution in [1.82, 2.24) is 9.97 Å². The third-order valence-electron chi connectivity index (χ3n) is 1.61. The standard InChI is InChI=1S/C9H8N2O/c1-7-4-8(2-3-11-7)9-5-10-6-12-9/h2-6H,1H3. The molecule has 2 aromatic heterocycles. The van der Waals surface area contributed by atoms with E-state index in [9.17, 15) is 0 Å². The second kappa shape index (κ2) is 2.77. The van der Waals surface area contributed by atoms with Crippen LogP contribution in [-0.2, 0) is 0 Å². The number of pyridine rings is 1. The van der Waals surface area contributed by atoms with Gasteiger partial charge in [0.25, 0.3) is 0 Å². The number of nitrogens with zero attached hydrogens (tertiary/aromatic N) is 2. The van der Waals surface area contributed by atoms with Gasteiger partial charge in [-0.2, -0.15) is 0 Å². The van der Waals surface area contributed by atoms with Crippen LogP contribution < -0.4 is 0 Å². The SMILES string of the molecule is Cc1cc(-c2cnco2)ccn1. The maximum Gasteiger partial charge on any atom is 0.181 e. The Labute approximate surface area is 70.1 Å². The average molecular weight is 160 g/mol. The Kier molecular flexibility index (Phi) is 1.63. The summed E-state index contributed by atoms with van der Waals surface area (Å²) in [6.07, 6.45) is 4.87. The largest absolute Gasteiger partial charge is 0.444 e. The molecule has 2 rings (SSSR count). The Balaban J connectivity index is 2.48. The Hall–Kier alpha value is -1.64. The summed E-state index contributed by atoms with van der Waals surface area (Å²) < 4.78 is 5.14. The van der Waals surface area contributed by atoms with Crippen molar-refractivity contribution in [3.63, 3.8) is 0 Å². The van der Waals surface area contributed by atoms with Gasteiger partial charge in [0.2, 0.25) is 0 Å². The van der Waals surface area contributed by atoms with Gasteiger partial charge in [0.05, 0.1) is 6.20 Å². The van der Waals surface area contributed by atoms with Crippen LogP contribution in [0.15, 0.2) is 35.3 Å². The van der Waals surface area contributed by atoms with Crippen LogP contribution in [0.5, 0.6) is 0 Å². The molecule has 0 aliphatic rings. The maximum absolute atomic E-state index is 5.14. The van der Waals surface area contributed by atoms with E-state index in [0.29, 0.717) is 0 Å². The van der Waals surface area contributed by atoms with E-state index < -0.39 is 0 Å². The minimum Gasteiger partial charge on any atom is -0.444 e. The predicted molar refractivity (Wildman–Crippen MR) is 44.5 cm³/mol. The molecule has 3 nitrogen and oxygen atoms in total. The number of aryl methyl sites for hydroxylation is 1. The quantitative estimate of drug-likeness (QED) is 0.640. The highest BCUT2D eigenvalue weighted by molar-refractivity contribution is 5.55. The highest BCUT2D eigenvalue weighted by Gasteiger charge is 1.99. The summed E-state index contributed by atoms with van der Waals surface area (Å²) in [5, 5.41) is 0. The fourth-order valence-electron chi connectivity index (χ4n) is 1.06. The van der Waals surface area contributed by atoms with Gasteiger partial charge in [-0.25, -0.2) is 4.98 Å². The van der Waals surface area contributed by atoms with Crippen molar-refractivity contribution in [1.29, 1.82) is 0 Å². The van der Waals surface area contributed by atoms with E-state index in [0.717, 1.165) is 17.0 Å². The third kappa shape index (κ3) is 1.21. The van der Waals surface area contributed by atoms with Gasteiger partial charge in [-0.1, -0.05) is 0 Å². The smallest absolute Gasteiger partial charge is 0.181 e. The molecule has 0 spiro atoms. The van der Waals surface area contributed by atoms with Crippen molar-refractivity contribution in [2.45, 2.75) is 6.92 Å². The zero-order valence-electron chi connectivity index (χ0n) is 6.69. The normalized spacial score (nSPS) is 10.1. The van der Waals surface area contributed by atoms with Gasteiger partial charge >= 0.3 is 0 Å². The molecule has 0 aromatic carbocycles. The Morgan fingerprint density at radius 2 is 2.33 bits per heavy atom. The molecule has 0 amide bonds. The molecule has 0 radical (unpaired) electrons. The maximum atomic E-state index is 5.14. The first-order chi connectivity index (χ1) is 5.86. The number of rotatable bonds is 1. The van der Waals surface area contributed by atoms with E-state index in [-0.39, 0.29) is 0 Å². The lowest BCUT2D eigenvalue weighted by Gasteiger charge is -1.95. The van der Waals surface area contributed by atoms with Crippen molar-refractivity contribution in [3.8, 4) is 11.3 Å². The molecule has 0 saturated carbocycles. The monoisotopic (exact) mass is 160 g/mol. The van der Waals surface area contributed by atoms with Crippen molar-refractivity contribution in [3.05, 3.63) is 36.6 Å².